The number of hydrogen-bond acceptors (Lipinski definition) is 1. The van der Waals surface area contributed by atoms with Crippen LogP contribution in [-0.4, -0.2) is 19.5 Å². The Morgan fingerprint density at radius 3 is 2.83 bits per heavy atom. The van der Waals surface area contributed by atoms with Gasteiger partial charge in [0.15, 0.2) is 6.54 Å². The SMILES string of the molecule is C[NH+](CC(=O)Nc1cccc(Cl)c1Cl)[C@H]1CCCc2ccccc21. The van der Waals surface area contributed by atoms with Gasteiger partial charge in [-0.3, -0.25) is 4.79 Å². The summed E-state index contributed by atoms with van der Waals surface area (Å²) in [6.07, 6.45) is 3.40. The van der Waals surface area contributed by atoms with Gasteiger partial charge in [0.25, 0.3) is 5.91 Å². The van der Waals surface area contributed by atoms with E-state index in [9.17, 15) is 4.79 Å². The Morgan fingerprint density at radius 2 is 2.00 bits per heavy atom. The second-order valence-electron chi connectivity index (χ2n) is 6.32. The van der Waals surface area contributed by atoms with E-state index in [1.54, 1.807) is 18.2 Å². The molecular formula is C19H21Cl2N2O+. The number of anilines is 1. The zero-order chi connectivity index (χ0) is 17.1. The second-order valence-corrected chi connectivity index (χ2v) is 7.10. The number of amides is 1. The van der Waals surface area contributed by atoms with Crippen LogP contribution in [0.3, 0.4) is 0 Å². The number of hydrogen-bond donors (Lipinski definition) is 2. The van der Waals surface area contributed by atoms with Gasteiger partial charge in [0.1, 0.15) is 6.04 Å². The van der Waals surface area contributed by atoms with Gasteiger partial charge in [0.2, 0.25) is 0 Å². The van der Waals surface area contributed by atoms with Crippen molar-refractivity contribution in [1.82, 2.24) is 0 Å². The first-order valence-corrected chi connectivity index (χ1v) is 8.96. The van der Waals surface area contributed by atoms with Crippen LogP contribution >= 0.6 is 23.2 Å². The maximum atomic E-state index is 12.4. The second kappa shape index (κ2) is 7.56. The standard InChI is InChI=1S/C19H20Cl2N2O/c1-23(17-11-4-7-13-6-2-3-8-14(13)17)12-18(24)22-16-10-5-9-15(20)19(16)21/h2-3,5-6,8-10,17H,4,7,11-12H2,1H3,(H,22,24)/p+1/t17-/m0/s1. The molecule has 2 atom stereocenters. The van der Waals surface area contributed by atoms with Crippen molar-refractivity contribution >= 4 is 34.8 Å². The van der Waals surface area contributed by atoms with Crippen molar-refractivity contribution < 1.29 is 9.69 Å². The van der Waals surface area contributed by atoms with Crippen molar-refractivity contribution in [3.63, 3.8) is 0 Å². The summed E-state index contributed by atoms with van der Waals surface area (Å²) in [5, 5.41) is 3.69. The Balaban J connectivity index is 1.68. The highest BCUT2D eigenvalue weighted by Gasteiger charge is 2.28. The lowest BCUT2D eigenvalue weighted by atomic mass is 9.87. The van der Waals surface area contributed by atoms with Crippen LogP contribution in [0, 0.1) is 0 Å². The quantitative estimate of drug-likeness (QED) is 0.855. The molecule has 2 aromatic rings. The molecule has 2 N–H and O–H groups in total. The lowest BCUT2D eigenvalue weighted by Gasteiger charge is -2.30. The van der Waals surface area contributed by atoms with Gasteiger partial charge in [-0.05, 0) is 30.5 Å². The fourth-order valence-corrected chi connectivity index (χ4v) is 3.78. The summed E-state index contributed by atoms with van der Waals surface area (Å²) in [6, 6.07) is 14.1. The van der Waals surface area contributed by atoms with Crippen LogP contribution in [0.4, 0.5) is 5.69 Å². The summed E-state index contributed by atoms with van der Waals surface area (Å²) in [6.45, 7) is 0.391. The number of nitrogens with one attached hydrogen (secondary N) is 2. The van der Waals surface area contributed by atoms with Crippen molar-refractivity contribution in [2.45, 2.75) is 25.3 Å². The van der Waals surface area contributed by atoms with Gasteiger partial charge < -0.3 is 10.2 Å². The molecular weight excluding hydrogens is 343 g/mol. The zero-order valence-corrected chi connectivity index (χ0v) is 15.1. The molecule has 1 unspecified atom stereocenters. The molecule has 0 bridgehead atoms. The largest absolute Gasteiger partial charge is 0.323 e. The lowest BCUT2D eigenvalue weighted by Crippen LogP contribution is -3.10. The Morgan fingerprint density at radius 1 is 1.21 bits per heavy atom. The molecule has 24 heavy (non-hydrogen) atoms. The van der Waals surface area contributed by atoms with Crippen molar-refractivity contribution in [3.05, 3.63) is 63.6 Å². The number of aryl methyl sites for hydroxylation is 1. The number of quaternary nitrogens is 1. The van der Waals surface area contributed by atoms with E-state index in [0.717, 1.165) is 12.8 Å². The van der Waals surface area contributed by atoms with E-state index in [-0.39, 0.29) is 5.91 Å². The van der Waals surface area contributed by atoms with E-state index in [1.807, 2.05) is 0 Å². The van der Waals surface area contributed by atoms with Gasteiger partial charge in [0, 0.05) is 12.0 Å². The highest BCUT2D eigenvalue weighted by Crippen LogP contribution is 2.29. The Hall–Kier alpha value is -1.55. The van der Waals surface area contributed by atoms with Gasteiger partial charge >= 0.3 is 0 Å². The number of carbonyl (C=O) groups excluding carboxylic acids is 1. The van der Waals surface area contributed by atoms with Gasteiger partial charge in [-0.15, -0.1) is 0 Å². The molecule has 1 aliphatic rings. The maximum Gasteiger partial charge on any atom is 0.279 e. The van der Waals surface area contributed by atoms with Crippen LogP contribution in [0.25, 0.3) is 0 Å². The molecule has 3 nitrogen and oxygen atoms in total. The Kier molecular flexibility index (Phi) is 5.44. The van der Waals surface area contributed by atoms with E-state index in [0.29, 0.717) is 28.3 Å². The average molecular weight is 364 g/mol. The molecule has 3 rings (SSSR count). The molecule has 0 fully saturated rings. The molecule has 126 valence electrons. The lowest BCUT2D eigenvalue weighted by molar-refractivity contribution is -0.905. The number of fused-ring (bicyclic) bond motifs is 1. The van der Waals surface area contributed by atoms with Gasteiger partial charge in [0.05, 0.1) is 22.8 Å². The van der Waals surface area contributed by atoms with Crippen molar-refractivity contribution in [2.75, 3.05) is 18.9 Å². The molecule has 0 aliphatic heterocycles. The van der Waals surface area contributed by atoms with E-state index in [4.69, 9.17) is 23.2 Å². The van der Waals surface area contributed by atoms with Gasteiger partial charge in [-0.1, -0.05) is 53.5 Å². The number of likely N-dealkylation sites (N-methyl/N-ethyl adjacent to an activating group) is 1. The zero-order valence-electron chi connectivity index (χ0n) is 13.6. The summed E-state index contributed by atoms with van der Waals surface area (Å²) in [5.74, 6) is -0.0558. The highest BCUT2D eigenvalue weighted by atomic mass is 35.5. The predicted octanol–water partition coefficient (Wildman–Crippen LogP) is 3.52. The van der Waals surface area contributed by atoms with Crippen LogP contribution in [0.15, 0.2) is 42.5 Å². The number of halogens is 2. The third-order valence-corrected chi connectivity index (χ3v) is 5.45. The fraction of sp³-hybridized carbons (Fsp3) is 0.316. The minimum atomic E-state index is -0.0558. The Bertz CT molecular complexity index is 748. The van der Waals surface area contributed by atoms with Crippen LogP contribution in [-0.2, 0) is 11.2 Å². The van der Waals surface area contributed by atoms with Crippen molar-refractivity contribution in [2.24, 2.45) is 0 Å². The summed E-state index contributed by atoms with van der Waals surface area (Å²) < 4.78 is 0. The Labute approximate surface area is 152 Å². The number of carbonyl (C=O) groups is 1. The molecule has 0 saturated heterocycles. The van der Waals surface area contributed by atoms with Crippen molar-refractivity contribution in [3.8, 4) is 0 Å². The van der Waals surface area contributed by atoms with Crippen LogP contribution < -0.4 is 10.2 Å². The molecule has 0 aromatic heterocycles. The molecule has 0 saturated carbocycles. The third kappa shape index (κ3) is 3.75. The van der Waals surface area contributed by atoms with Crippen LogP contribution in [0.5, 0.6) is 0 Å². The number of rotatable bonds is 4. The summed E-state index contributed by atoms with van der Waals surface area (Å²) in [5.41, 5.74) is 3.34. The molecule has 5 heteroatoms. The summed E-state index contributed by atoms with van der Waals surface area (Å²) >= 11 is 12.1. The molecule has 1 aliphatic carbocycles. The molecule has 0 radical (unpaired) electrons. The fourth-order valence-electron chi connectivity index (χ4n) is 3.44. The minimum absolute atomic E-state index is 0.0558. The first-order valence-electron chi connectivity index (χ1n) is 8.20. The third-order valence-electron chi connectivity index (χ3n) is 4.63. The van der Waals surface area contributed by atoms with Crippen LogP contribution in [0.1, 0.15) is 30.0 Å². The summed E-state index contributed by atoms with van der Waals surface area (Å²) in [4.78, 5) is 13.6. The van der Waals surface area contributed by atoms with Crippen LogP contribution in [0.2, 0.25) is 10.0 Å². The molecule has 1 amide bonds. The first kappa shape index (κ1) is 17.3. The minimum Gasteiger partial charge on any atom is -0.323 e. The van der Waals surface area contributed by atoms with Gasteiger partial charge in [-0.25, -0.2) is 0 Å². The number of benzene rings is 2. The van der Waals surface area contributed by atoms with E-state index >= 15 is 0 Å². The average Bonchev–Trinajstić information content (AvgIpc) is 2.58. The van der Waals surface area contributed by atoms with E-state index < -0.39 is 0 Å². The normalized spacial score (nSPS) is 17.9. The molecule has 0 spiro atoms. The topological polar surface area (TPSA) is 33.5 Å². The monoisotopic (exact) mass is 363 g/mol. The molecule has 2 aromatic carbocycles. The highest BCUT2D eigenvalue weighted by molar-refractivity contribution is 6.43. The molecule has 0 heterocycles. The van der Waals surface area contributed by atoms with Crippen molar-refractivity contribution in [1.29, 1.82) is 0 Å². The maximum absolute atomic E-state index is 12.4. The van der Waals surface area contributed by atoms with E-state index in [2.05, 4.69) is 36.6 Å². The van der Waals surface area contributed by atoms with E-state index in [1.165, 1.54) is 22.4 Å². The van der Waals surface area contributed by atoms with Gasteiger partial charge in [-0.2, -0.15) is 0 Å². The predicted molar refractivity (Wildman–Crippen MR) is 99.0 cm³/mol. The summed E-state index contributed by atoms with van der Waals surface area (Å²) in [7, 11) is 2.08. The smallest absolute Gasteiger partial charge is 0.279 e. The first-order chi connectivity index (χ1) is 11.6.